The molecule has 1 unspecified atom stereocenters. The predicted molar refractivity (Wildman–Crippen MR) is 106 cm³/mol. The van der Waals surface area contributed by atoms with Gasteiger partial charge >= 0.3 is 5.97 Å². The van der Waals surface area contributed by atoms with Gasteiger partial charge < -0.3 is 10.0 Å². The van der Waals surface area contributed by atoms with Crippen molar-refractivity contribution in [3.05, 3.63) is 35.5 Å². The summed E-state index contributed by atoms with van der Waals surface area (Å²) in [6.45, 7) is 2.84. The van der Waals surface area contributed by atoms with Gasteiger partial charge in [0.1, 0.15) is 0 Å². The molecule has 2 heterocycles. The van der Waals surface area contributed by atoms with Crippen molar-refractivity contribution in [1.29, 1.82) is 0 Å². The highest BCUT2D eigenvalue weighted by Crippen LogP contribution is 2.33. The fraction of sp³-hybridized carbons (Fsp3) is 0.381. The number of rotatable bonds is 7. The molecule has 28 heavy (non-hydrogen) atoms. The number of carbonyl (C=O) groups is 3. The summed E-state index contributed by atoms with van der Waals surface area (Å²) in [4.78, 5) is 46.4. The van der Waals surface area contributed by atoms with Gasteiger partial charge in [0, 0.05) is 37.0 Å². The molecule has 1 amide bonds. The average molecular weight is 381 g/mol. The number of hydrogen-bond acceptors (Lipinski definition) is 5. The Kier molecular flexibility index (Phi) is 5.82. The largest absolute Gasteiger partial charge is 0.480 e. The molecular formula is C21H23N3O4. The van der Waals surface area contributed by atoms with Crippen LogP contribution in [0.2, 0.25) is 0 Å². The van der Waals surface area contributed by atoms with E-state index in [9.17, 15) is 14.4 Å². The molecule has 0 fully saturated rings. The molecule has 0 bridgehead atoms. The highest BCUT2D eigenvalue weighted by atomic mass is 16.4. The maximum Gasteiger partial charge on any atom is 0.319 e. The highest BCUT2D eigenvalue weighted by Gasteiger charge is 2.31. The molecule has 1 aliphatic heterocycles. The van der Waals surface area contributed by atoms with Crippen LogP contribution < -0.4 is 0 Å². The zero-order valence-electron chi connectivity index (χ0n) is 16.0. The topological polar surface area (TPSA) is 99.9 Å². The number of benzene rings is 1. The Hall–Kier alpha value is -3.09. The number of hydrogen-bond donors (Lipinski definition) is 1. The van der Waals surface area contributed by atoms with Crippen LogP contribution in [0.25, 0.3) is 10.9 Å². The predicted octanol–water partition coefficient (Wildman–Crippen LogP) is 3.49. The van der Waals surface area contributed by atoms with Gasteiger partial charge in [0.2, 0.25) is 0 Å². The molecule has 0 saturated carbocycles. The second-order valence-corrected chi connectivity index (χ2v) is 7.00. The van der Waals surface area contributed by atoms with Crippen molar-refractivity contribution in [2.75, 3.05) is 13.6 Å². The minimum absolute atomic E-state index is 0.103. The number of aliphatic imine (C=N–C) groups is 1. The summed E-state index contributed by atoms with van der Waals surface area (Å²) in [5.41, 5.74) is 1.54. The van der Waals surface area contributed by atoms with Crippen molar-refractivity contribution < 1.29 is 19.5 Å². The molecule has 1 N–H and O–H groups in total. The summed E-state index contributed by atoms with van der Waals surface area (Å²) >= 11 is 0. The lowest BCUT2D eigenvalue weighted by molar-refractivity contribution is -0.137. The van der Waals surface area contributed by atoms with E-state index in [1.807, 2.05) is 0 Å². The van der Waals surface area contributed by atoms with Crippen LogP contribution in [0.5, 0.6) is 0 Å². The summed E-state index contributed by atoms with van der Waals surface area (Å²) < 4.78 is 0. The first-order valence-electron chi connectivity index (χ1n) is 9.43. The van der Waals surface area contributed by atoms with Gasteiger partial charge in [-0.1, -0.05) is 32.3 Å². The first kappa shape index (κ1) is 19.7. The Morgan fingerprint density at radius 3 is 2.71 bits per heavy atom. The number of carboxylic acid groups (broad SMARTS) is 1. The lowest BCUT2D eigenvalue weighted by Crippen LogP contribution is -2.28. The Morgan fingerprint density at radius 1 is 1.21 bits per heavy atom. The molecule has 0 aliphatic carbocycles. The van der Waals surface area contributed by atoms with Crippen LogP contribution >= 0.6 is 0 Å². The third kappa shape index (κ3) is 3.78. The highest BCUT2D eigenvalue weighted by molar-refractivity contribution is 6.24. The van der Waals surface area contributed by atoms with Gasteiger partial charge in [-0.2, -0.15) is 0 Å². The number of nitrogens with zero attached hydrogens (tertiary/aromatic N) is 3. The number of fused-ring (bicyclic) bond motifs is 3. The molecule has 1 atom stereocenters. The van der Waals surface area contributed by atoms with Crippen LogP contribution in [0.15, 0.2) is 29.4 Å². The molecule has 2 aromatic rings. The molecule has 1 aliphatic rings. The number of aliphatic carboxylic acids is 1. The molecule has 1 aromatic carbocycles. The number of carboxylic acids is 1. The van der Waals surface area contributed by atoms with Crippen molar-refractivity contribution >= 4 is 40.5 Å². The molecule has 7 heteroatoms. The molecular weight excluding hydrogens is 358 g/mol. The van der Waals surface area contributed by atoms with E-state index in [0.29, 0.717) is 28.7 Å². The fourth-order valence-corrected chi connectivity index (χ4v) is 3.29. The van der Waals surface area contributed by atoms with Crippen molar-refractivity contribution in [2.24, 2.45) is 10.9 Å². The van der Waals surface area contributed by atoms with Crippen LogP contribution in [0, 0.1) is 5.92 Å². The van der Waals surface area contributed by atoms with Crippen LogP contribution in [-0.4, -0.2) is 52.5 Å². The third-order valence-corrected chi connectivity index (χ3v) is 4.93. The molecule has 0 spiro atoms. The second-order valence-electron chi connectivity index (χ2n) is 7.00. The summed E-state index contributed by atoms with van der Waals surface area (Å²) in [7, 11) is 1.78. The van der Waals surface area contributed by atoms with E-state index in [1.54, 1.807) is 30.1 Å². The SMILES string of the molecule is CCCCCCN(C)C(=O)c1cnc2c3c(ccc2c1)C(=O)C(C(=O)O)C=N3. The standard InChI is InChI=1S/C21H23N3O4/c1-3-4-5-6-9-24(2)20(26)14-10-13-7-8-15-18(17(13)22-11-14)23-12-16(19(15)25)21(27)28/h7-8,10-12,16H,3-6,9H2,1-2H3,(H,27,28). The molecule has 1 aromatic heterocycles. The second kappa shape index (κ2) is 8.29. The van der Waals surface area contributed by atoms with Gasteiger partial charge in [0.25, 0.3) is 5.91 Å². The van der Waals surface area contributed by atoms with Gasteiger partial charge in [-0.15, -0.1) is 0 Å². The van der Waals surface area contributed by atoms with E-state index in [4.69, 9.17) is 5.11 Å². The van der Waals surface area contributed by atoms with Gasteiger partial charge in [-0.3, -0.25) is 24.4 Å². The minimum atomic E-state index is -1.27. The number of amides is 1. The normalized spacial score (nSPS) is 15.5. The molecule has 146 valence electrons. The van der Waals surface area contributed by atoms with Gasteiger partial charge in [0.15, 0.2) is 11.7 Å². The Bertz CT molecular complexity index is 968. The summed E-state index contributed by atoms with van der Waals surface area (Å²) in [6.07, 6.45) is 6.99. The maximum atomic E-state index is 12.6. The molecule has 7 nitrogen and oxygen atoms in total. The van der Waals surface area contributed by atoms with Crippen LogP contribution in [0.4, 0.5) is 5.69 Å². The monoisotopic (exact) mass is 381 g/mol. The van der Waals surface area contributed by atoms with Crippen molar-refractivity contribution in [2.45, 2.75) is 32.6 Å². The number of unbranched alkanes of at least 4 members (excludes halogenated alkanes) is 3. The summed E-state index contributed by atoms with van der Waals surface area (Å²) in [5, 5.41) is 9.80. The van der Waals surface area contributed by atoms with E-state index in [2.05, 4.69) is 16.9 Å². The third-order valence-electron chi connectivity index (χ3n) is 4.93. The van der Waals surface area contributed by atoms with E-state index in [1.165, 1.54) is 6.20 Å². The fourth-order valence-electron chi connectivity index (χ4n) is 3.29. The molecule has 0 radical (unpaired) electrons. The minimum Gasteiger partial charge on any atom is -0.480 e. The number of Topliss-reactive ketones (excluding diaryl/α,β-unsaturated/α-hetero) is 1. The number of pyridine rings is 1. The lowest BCUT2D eigenvalue weighted by Gasteiger charge is -2.18. The zero-order valence-corrected chi connectivity index (χ0v) is 16.0. The van der Waals surface area contributed by atoms with Gasteiger partial charge in [0.05, 0.1) is 16.8 Å². The molecule has 3 rings (SSSR count). The number of ketones is 1. The maximum absolute atomic E-state index is 12.6. The van der Waals surface area contributed by atoms with Crippen molar-refractivity contribution in [3.63, 3.8) is 0 Å². The Morgan fingerprint density at radius 2 is 2.00 bits per heavy atom. The number of aromatic nitrogens is 1. The van der Waals surface area contributed by atoms with E-state index >= 15 is 0 Å². The zero-order chi connectivity index (χ0) is 20.3. The Labute approximate surface area is 163 Å². The Balaban J connectivity index is 1.85. The summed E-state index contributed by atoms with van der Waals surface area (Å²) in [6, 6.07) is 4.96. The lowest BCUT2D eigenvalue weighted by atomic mass is 9.93. The van der Waals surface area contributed by atoms with Crippen molar-refractivity contribution in [1.82, 2.24) is 9.88 Å². The van der Waals surface area contributed by atoms with E-state index in [-0.39, 0.29) is 11.5 Å². The molecule has 0 saturated heterocycles. The smallest absolute Gasteiger partial charge is 0.319 e. The van der Waals surface area contributed by atoms with Crippen LogP contribution in [-0.2, 0) is 4.79 Å². The van der Waals surface area contributed by atoms with Crippen LogP contribution in [0.3, 0.4) is 0 Å². The summed E-state index contributed by atoms with van der Waals surface area (Å²) in [5.74, 6) is -3.11. The van der Waals surface area contributed by atoms with Gasteiger partial charge in [-0.25, -0.2) is 0 Å². The first-order valence-corrected chi connectivity index (χ1v) is 9.43. The first-order chi connectivity index (χ1) is 13.4. The van der Waals surface area contributed by atoms with E-state index in [0.717, 1.165) is 31.9 Å². The van der Waals surface area contributed by atoms with E-state index < -0.39 is 17.7 Å². The van der Waals surface area contributed by atoms with Crippen LogP contribution in [0.1, 0.15) is 53.3 Å². The average Bonchev–Trinajstić information content (AvgIpc) is 2.69. The number of carbonyl (C=O) groups excluding carboxylic acids is 2. The quantitative estimate of drug-likeness (QED) is 0.584. The van der Waals surface area contributed by atoms with Crippen molar-refractivity contribution in [3.8, 4) is 0 Å². The van der Waals surface area contributed by atoms with Gasteiger partial charge in [-0.05, 0) is 18.6 Å².